The minimum atomic E-state index is -3.73. The highest BCUT2D eigenvalue weighted by Crippen LogP contribution is 2.39. The molecule has 0 amide bonds. The van der Waals surface area contributed by atoms with Gasteiger partial charge < -0.3 is 24.8 Å². The summed E-state index contributed by atoms with van der Waals surface area (Å²) in [7, 11) is 0.821. The first kappa shape index (κ1) is 19.8. The van der Waals surface area contributed by atoms with E-state index in [1.165, 1.54) is 33.5 Å². The second kappa shape index (κ2) is 8.21. The van der Waals surface area contributed by atoms with Crippen LogP contribution in [-0.4, -0.2) is 34.9 Å². The van der Waals surface area contributed by atoms with E-state index in [0.29, 0.717) is 33.7 Å². The van der Waals surface area contributed by atoms with Crippen molar-refractivity contribution in [1.29, 1.82) is 0 Å². The number of hydrogen-bond acceptors (Lipinski definition) is 6. The normalized spacial score (nSPS) is 10.8. The van der Waals surface area contributed by atoms with Gasteiger partial charge in [-0.2, -0.15) is 0 Å². The highest BCUT2D eigenvalue weighted by molar-refractivity contribution is 7.89. The van der Waals surface area contributed by atoms with E-state index in [4.69, 9.17) is 31.6 Å². The Labute approximate surface area is 157 Å². The summed E-state index contributed by atoms with van der Waals surface area (Å²) >= 11 is 5.27. The fraction of sp³-hybridized carbons (Fsp3) is 0.188. The summed E-state index contributed by atoms with van der Waals surface area (Å²) in [5, 5.41) is 11.3. The Bertz CT molecular complexity index is 874. The maximum absolute atomic E-state index is 11.3. The minimum Gasteiger partial charge on any atom is -0.493 e. The summed E-state index contributed by atoms with van der Waals surface area (Å²) in [6.07, 6.45) is 0. The zero-order valence-corrected chi connectivity index (χ0v) is 16.0. The Balaban J connectivity index is 2.15. The molecule has 0 heterocycles. The molecule has 140 valence electrons. The molecule has 0 unspecified atom stereocenters. The van der Waals surface area contributed by atoms with Crippen molar-refractivity contribution in [2.45, 2.75) is 4.90 Å². The number of sulfonamides is 1. The van der Waals surface area contributed by atoms with E-state index in [9.17, 15) is 8.42 Å². The van der Waals surface area contributed by atoms with E-state index < -0.39 is 10.0 Å². The number of hydrogen-bond donors (Lipinski definition) is 3. The minimum absolute atomic E-state index is 0.0200. The second-order valence-electron chi connectivity index (χ2n) is 5.06. The lowest BCUT2D eigenvalue weighted by Crippen LogP contribution is -2.19. The van der Waals surface area contributed by atoms with E-state index >= 15 is 0 Å². The lowest BCUT2D eigenvalue weighted by atomic mass is 10.2. The van der Waals surface area contributed by atoms with Gasteiger partial charge >= 0.3 is 0 Å². The van der Waals surface area contributed by atoms with Gasteiger partial charge in [0.25, 0.3) is 0 Å². The number of methoxy groups -OCH3 is 3. The van der Waals surface area contributed by atoms with E-state index in [2.05, 4.69) is 10.6 Å². The summed E-state index contributed by atoms with van der Waals surface area (Å²) in [6, 6.07) is 9.31. The zero-order chi connectivity index (χ0) is 19.3. The average Bonchev–Trinajstić information content (AvgIpc) is 2.60. The monoisotopic (exact) mass is 397 g/mol. The zero-order valence-electron chi connectivity index (χ0n) is 14.4. The average molecular weight is 397 g/mol. The third-order valence-corrected chi connectivity index (χ3v) is 4.50. The van der Waals surface area contributed by atoms with Gasteiger partial charge in [-0.25, -0.2) is 13.6 Å². The number of benzene rings is 2. The highest BCUT2D eigenvalue weighted by Gasteiger charge is 2.14. The molecule has 0 radical (unpaired) electrons. The van der Waals surface area contributed by atoms with Crippen molar-refractivity contribution in [3.8, 4) is 17.2 Å². The number of nitrogens with two attached hydrogens (primary N) is 1. The molecular formula is C16H19N3O5S2. The van der Waals surface area contributed by atoms with Crippen LogP contribution in [0.15, 0.2) is 41.3 Å². The van der Waals surface area contributed by atoms with Crippen LogP contribution in [-0.2, 0) is 10.0 Å². The van der Waals surface area contributed by atoms with E-state index in [-0.39, 0.29) is 4.90 Å². The van der Waals surface area contributed by atoms with Crippen molar-refractivity contribution in [2.24, 2.45) is 5.14 Å². The van der Waals surface area contributed by atoms with Gasteiger partial charge in [0.05, 0.1) is 26.2 Å². The molecule has 0 fully saturated rings. The summed E-state index contributed by atoms with van der Waals surface area (Å²) in [5.41, 5.74) is 1.22. The van der Waals surface area contributed by atoms with Crippen LogP contribution in [0.25, 0.3) is 0 Å². The molecule has 2 aromatic rings. The standard InChI is InChI=1S/C16H19N3O5S2/c1-22-13-8-11(9-14(23-2)15(13)24-3)19-16(25)18-10-4-6-12(7-5-10)26(17,20)21/h4-9H,1-3H3,(H2,17,20,21)(H2,18,19,25). The van der Waals surface area contributed by atoms with Crippen molar-refractivity contribution in [1.82, 2.24) is 0 Å². The lowest BCUT2D eigenvalue weighted by molar-refractivity contribution is 0.324. The maximum atomic E-state index is 11.3. The van der Waals surface area contributed by atoms with Crippen molar-refractivity contribution in [2.75, 3.05) is 32.0 Å². The van der Waals surface area contributed by atoms with Crippen molar-refractivity contribution in [3.05, 3.63) is 36.4 Å². The van der Waals surface area contributed by atoms with Gasteiger partial charge in [-0.3, -0.25) is 0 Å². The predicted octanol–water partition coefficient (Wildman–Crippen LogP) is 2.17. The molecule has 8 nitrogen and oxygen atoms in total. The maximum Gasteiger partial charge on any atom is 0.238 e. The van der Waals surface area contributed by atoms with Gasteiger partial charge in [0, 0.05) is 23.5 Å². The second-order valence-corrected chi connectivity index (χ2v) is 7.03. The molecule has 2 aromatic carbocycles. The summed E-state index contributed by atoms with van der Waals surface area (Å²) < 4.78 is 38.4. The lowest BCUT2D eigenvalue weighted by Gasteiger charge is -2.16. The number of anilines is 2. The van der Waals surface area contributed by atoms with E-state index in [1.807, 2.05) is 0 Å². The Morgan fingerprint density at radius 3 is 1.85 bits per heavy atom. The molecule has 0 atom stereocenters. The van der Waals surface area contributed by atoms with Crippen LogP contribution in [0.4, 0.5) is 11.4 Å². The van der Waals surface area contributed by atoms with Crippen LogP contribution in [0.5, 0.6) is 17.2 Å². The first-order valence-corrected chi connectivity index (χ1v) is 9.25. The summed E-state index contributed by atoms with van der Waals surface area (Å²) in [4.78, 5) is 0.0200. The fourth-order valence-electron chi connectivity index (χ4n) is 2.17. The first-order chi connectivity index (χ1) is 12.3. The molecule has 0 spiro atoms. The van der Waals surface area contributed by atoms with Crippen LogP contribution in [0.2, 0.25) is 0 Å². The van der Waals surface area contributed by atoms with Crippen LogP contribution < -0.4 is 30.0 Å². The quantitative estimate of drug-likeness (QED) is 0.636. The Hall–Kier alpha value is -2.56. The highest BCUT2D eigenvalue weighted by atomic mass is 32.2. The third kappa shape index (κ3) is 4.75. The van der Waals surface area contributed by atoms with Gasteiger partial charge in [0.2, 0.25) is 15.8 Å². The number of thiocarbonyl (C=S) groups is 1. The smallest absolute Gasteiger partial charge is 0.238 e. The van der Waals surface area contributed by atoms with Crippen molar-refractivity contribution in [3.63, 3.8) is 0 Å². The Kier molecular flexibility index (Phi) is 6.24. The molecule has 10 heteroatoms. The molecule has 2 rings (SSSR count). The van der Waals surface area contributed by atoms with Crippen molar-refractivity contribution >= 4 is 38.7 Å². The Morgan fingerprint density at radius 1 is 0.923 bits per heavy atom. The van der Waals surface area contributed by atoms with Gasteiger partial charge in [-0.1, -0.05) is 0 Å². The van der Waals surface area contributed by atoms with E-state index in [0.717, 1.165) is 0 Å². The number of nitrogens with one attached hydrogen (secondary N) is 2. The van der Waals surface area contributed by atoms with Gasteiger partial charge in [-0.15, -0.1) is 0 Å². The summed E-state index contributed by atoms with van der Waals surface area (Å²) in [5.74, 6) is 1.43. The molecule has 0 saturated heterocycles. The molecule has 26 heavy (non-hydrogen) atoms. The molecular weight excluding hydrogens is 378 g/mol. The van der Waals surface area contributed by atoms with Gasteiger partial charge in [0.1, 0.15) is 0 Å². The predicted molar refractivity (Wildman–Crippen MR) is 104 cm³/mol. The van der Waals surface area contributed by atoms with Gasteiger partial charge in [-0.05, 0) is 36.5 Å². The molecule has 0 aliphatic rings. The number of primary sulfonamides is 1. The summed E-state index contributed by atoms with van der Waals surface area (Å²) in [6.45, 7) is 0. The molecule has 0 aromatic heterocycles. The van der Waals surface area contributed by atoms with Crippen LogP contribution in [0, 0.1) is 0 Å². The van der Waals surface area contributed by atoms with Crippen molar-refractivity contribution < 1.29 is 22.6 Å². The largest absolute Gasteiger partial charge is 0.493 e. The van der Waals surface area contributed by atoms with E-state index in [1.54, 1.807) is 24.3 Å². The molecule has 0 bridgehead atoms. The van der Waals surface area contributed by atoms with Gasteiger partial charge in [0.15, 0.2) is 16.6 Å². The fourth-order valence-corrected chi connectivity index (χ4v) is 2.93. The third-order valence-electron chi connectivity index (χ3n) is 3.36. The number of rotatable bonds is 6. The molecule has 0 aliphatic carbocycles. The topological polar surface area (TPSA) is 112 Å². The van der Waals surface area contributed by atoms with Crippen LogP contribution >= 0.6 is 12.2 Å². The molecule has 4 N–H and O–H groups in total. The van der Waals surface area contributed by atoms with Crippen LogP contribution in [0.3, 0.4) is 0 Å². The number of ether oxygens (including phenoxy) is 3. The molecule has 0 saturated carbocycles. The molecule has 0 aliphatic heterocycles. The Morgan fingerprint density at radius 2 is 1.42 bits per heavy atom. The SMILES string of the molecule is COc1cc(NC(=S)Nc2ccc(S(N)(=O)=O)cc2)cc(OC)c1OC. The first-order valence-electron chi connectivity index (χ1n) is 7.29. The van der Waals surface area contributed by atoms with Crippen LogP contribution in [0.1, 0.15) is 0 Å².